The van der Waals surface area contributed by atoms with Gasteiger partial charge in [-0.3, -0.25) is 9.59 Å². The first-order valence-corrected chi connectivity index (χ1v) is 7.27. The van der Waals surface area contributed by atoms with E-state index in [1.54, 1.807) is 0 Å². The summed E-state index contributed by atoms with van der Waals surface area (Å²) in [5.41, 5.74) is -0.915. The molecule has 0 N–H and O–H groups in total. The van der Waals surface area contributed by atoms with E-state index < -0.39 is 23.6 Å². The number of methoxy groups -OCH3 is 1. The van der Waals surface area contributed by atoms with Crippen LogP contribution < -0.4 is 4.74 Å². The minimum absolute atomic E-state index is 0.00257. The lowest BCUT2D eigenvalue weighted by Crippen LogP contribution is -2.32. The molecule has 0 aliphatic rings. The minimum Gasteiger partial charge on any atom is -0.484 e. The molecular formula is C16H15F3N2O5. The second-order valence-electron chi connectivity index (χ2n) is 5.18. The molecule has 2 rings (SSSR count). The van der Waals surface area contributed by atoms with Crippen LogP contribution in [-0.2, 0) is 22.3 Å². The van der Waals surface area contributed by atoms with Crippen LogP contribution >= 0.6 is 0 Å². The number of amides is 1. The van der Waals surface area contributed by atoms with Crippen LogP contribution in [0.4, 0.5) is 13.2 Å². The highest BCUT2D eigenvalue weighted by Gasteiger charge is 2.30. The molecule has 0 saturated carbocycles. The highest BCUT2D eigenvalue weighted by molar-refractivity contribution is 5.93. The van der Waals surface area contributed by atoms with Gasteiger partial charge in [-0.15, -0.1) is 0 Å². The number of benzene rings is 1. The fraction of sp³-hybridized carbons (Fsp3) is 0.312. The number of hydrogen-bond donors (Lipinski definition) is 0. The smallest absolute Gasteiger partial charge is 0.416 e. The number of halogens is 3. The molecule has 0 atom stereocenters. The first kappa shape index (κ1) is 19.3. The highest BCUT2D eigenvalue weighted by atomic mass is 19.4. The van der Waals surface area contributed by atoms with E-state index in [0.717, 1.165) is 23.3 Å². The normalized spacial score (nSPS) is 11.1. The summed E-state index contributed by atoms with van der Waals surface area (Å²) in [6, 6.07) is 4.34. The number of esters is 1. The van der Waals surface area contributed by atoms with Crippen LogP contribution in [0.15, 0.2) is 34.9 Å². The van der Waals surface area contributed by atoms with Crippen LogP contribution in [0.2, 0.25) is 0 Å². The number of rotatable bonds is 6. The maximum absolute atomic E-state index is 12.7. The summed E-state index contributed by atoms with van der Waals surface area (Å²) in [6.45, 7) is -0.534. The summed E-state index contributed by atoms with van der Waals surface area (Å²) in [7, 11) is 2.58. The Morgan fingerprint density at radius 3 is 2.69 bits per heavy atom. The number of nitrogens with zero attached hydrogens (tertiary/aromatic N) is 2. The van der Waals surface area contributed by atoms with E-state index in [2.05, 4.69) is 9.72 Å². The summed E-state index contributed by atoms with van der Waals surface area (Å²) in [5, 5.41) is 0. The number of carbonyl (C=O) groups excluding carboxylic acids is 2. The van der Waals surface area contributed by atoms with Gasteiger partial charge >= 0.3 is 12.1 Å². The standard InChI is InChI=1S/C16H15F3N2O5/c1-21(7-14(22)24-2)15(23)12-8-26-13(20-12)9-25-11-5-3-4-10(6-11)16(17,18)19/h3-6,8H,7,9H2,1-2H3. The molecular weight excluding hydrogens is 357 g/mol. The van der Waals surface area contributed by atoms with Crippen LogP contribution in [0.1, 0.15) is 21.9 Å². The Bertz CT molecular complexity index is 788. The van der Waals surface area contributed by atoms with Crippen molar-refractivity contribution >= 4 is 11.9 Å². The molecule has 1 aromatic carbocycles. The largest absolute Gasteiger partial charge is 0.484 e. The Labute approximate surface area is 146 Å². The van der Waals surface area contributed by atoms with E-state index in [-0.39, 0.29) is 30.5 Å². The summed E-state index contributed by atoms with van der Waals surface area (Å²) in [4.78, 5) is 28.2. The van der Waals surface area contributed by atoms with Crippen molar-refractivity contribution in [2.75, 3.05) is 20.7 Å². The molecule has 0 fully saturated rings. The van der Waals surface area contributed by atoms with E-state index in [4.69, 9.17) is 9.15 Å². The zero-order chi connectivity index (χ0) is 19.3. The summed E-state index contributed by atoms with van der Waals surface area (Å²) in [5.74, 6) is -1.20. The maximum atomic E-state index is 12.7. The van der Waals surface area contributed by atoms with Crippen molar-refractivity contribution in [3.8, 4) is 5.75 Å². The average molecular weight is 372 g/mol. The van der Waals surface area contributed by atoms with Crippen molar-refractivity contribution in [3.05, 3.63) is 47.7 Å². The Morgan fingerprint density at radius 2 is 2.04 bits per heavy atom. The summed E-state index contributed by atoms with van der Waals surface area (Å²) >= 11 is 0. The second-order valence-corrected chi connectivity index (χ2v) is 5.18. The Morgan fingerprint density at radius 1 is 1.31 bits per heavy atom. The number of likely N-dealkylation sites (N-methyl/N-ethyl adjacent to an activating group) is 1. The van der Waals surface area contributed by atoms with Gasteiger partial charge in [0.15, 0.2) is 12.3 Å². The van der Waals surface area contributed by atoms with Gasteiger partial charge in [-0.05, 0) is 18.2 Å². The molecule has 0 aliphatic carbocycles. The summed E-state index contributed by atoms with van der Waals surface area (Å²) < 4.78 is 52.7. The molecule has 2 aromatic rings. The van der Waals surface area contributed by atoms with Crippen LogP contribution in [-0.4, -0.2) is 42.5 Å². The molecule has 0 radical (unpaired) electrons. The van der Waals surface area contributed by atoms with Gasteiger partial charge in [0.05, 0.1) is 12.7 Å². The molecule has 1 heterocycles. The predicted octanol–water partition coefficient (Wildman–Crippen LogP) is 2.52. The predicted molar refractivity (Wildman–Crippen MR) is 81.3 cm³/mol. The van der Waals surface area contributed by atoms with Crippen molar-refractivity contribution in [2.24, 2.45) is 0 Å². The number of alkyl halides is 3. The highest BCUT2D eigenvalue weighted by Crippen LogP contribution is 2.31. The zero-order valence-corrected chi connectivity index (χ0v) is 13.9. The van der Waals surface area contributed by atoms with Crippen LogP contribution in [0, 0.1) is 0 Å². The van der Waals surface area contributed by atoms with Gasteiger partial charge in [-0.1, -0.05) is 6.07 Å². The molecule has 140 valence electrons. The number of oxazole rings is 1. The van der Waals surface area contributed by atoms with Gasteiger partial charge in [0.2, 0.25) is 5.89 Å². The minimum atomic E-state index is -4.48. The Balaban J connectivity index is 1.98. The molecule has 10 heteroatoms. The quantitative estimate of drug-likeness (QED) is 0.725. The number of ether oxygens (including phenoxy) is 2. The zero-order valence-electron chi connectivity index (χ0n) is 13.9. The third kappa shape index (κ3) is 4.98. The molecule has 0 spiro atoms. The second kappa shape index (κ2) is 7.89. The van der Waals surface area contributed by atoms with E-state index in [1.807, 2.05) is 0 Å². The Kier molecular flexibility index (Phi) is 5.86. The van der Waals surface area contributed by atoms with E-state index in [1.165, 1.54) is 26.3 Å². The van der Waals surface area contributed by atoms with Crippen LogP contribution in [0.25, 0.3) is 0 Å². The maximum Gasteiger partial charge on any atom is 0.416 e. The first-order chi connectivity index (χ1) is 12.2. The van der Waals surface area contributed by atoms with Gasteiger partial charge in [-0.25, -0.2) is 4.98 Å². The van der Waals surface area contributed by atoms with Crippen LogP contribution in [0.5, 0.6) is 5.75 Å². The average Bonchev–Trinajstić information content (AvgIpc) is 3.07. The van der Waals surface area contributed by atoms with Crippen LogP contribution in [0.3, 0.4) is 0 Å². The first-order valence-electron chi connectivity index (χ1n) is 7.27. The molecule has 1 aromatic heterocycles. The van der Waals surface area contributed by atoms with E-state index >= 15 is 0 Å². The molecule has 7 nitrogen and oxygen atoms in total. The van der Waals surface area contributed by atoms with Crippen molar-refractivity contribution in [2.45, 2.75) is 12.8 Å². The van der Waals surface area contributed by atoms with Gasteiger partial charge in [0.1, 0.15) is 18.6 Å². The van der Waals surface area contributed by atoms with Gasteiger partial charge in [-0.2, -0.15) is 13.2 Å². The molecule has 0 saturated heterocycles. The topological polar surface area (TPSA) is 81.9 Å². The van der Waals surface area contributed by atoms with Crippen molar-refractivity contribution in [3.63, 3.8) is 0 Å². The SMILES string of the molecule is COC(=O)CN(C)C(=O)c1coc(COc2cccc(C(F)(F)F)c2)n1. The number of carbonyl (C=O) groups is 2. The van der Waals surface area contributed by atoms with Gasteiger partial charge in [0, 0.05) is 7.05 Å². The molecule has 0 unspecified atom stereocenters. The fourth-order valence-electron chi connectivity index (χ4n) is 1.91. The van der Waals surface area contributed by atoms with Crippen molar-refractivity contribution < 1.29 is 36.7 Å². The monoisotopic (exact) mass is 372 g/mol. The lowest BCUT2D eigenvalue weighted by atomic mass is 10.2. The molecule has 1 amide bonds. The van der Waals surface area contributed by atoms with Crippen molar-refractivity contribution in [1.29, 1.82) is 0 Å². The molecule has 0 bridgehead atoms. The summed E-state index contributed by atoms with van der Waals surface area (Å²) in [6.07, 6.45) is -3.41. The fourth-order valence-corrected chi connectivity index (χ4v) is 1.91. The lowest BCUT2D eigenvalue weighted by Gasteiger charge is -2.13. The Hall–Kier alpha value is -3.04. The third-order valence-electron chi connectivity index (χ3n) is 3.24. The van der Waals surface area contributed by atoms with E-state index in [9.17, 15) is 22.8 Å². The van der Waals surface area contributed by atoms with Gasteiger partial charge < -0.3 is 18.8 Å². The lowest BCUT2D eigenvalue weighted by molar-refractivity contribution is -0.141. The number of aromatic nitrogens is 1. The molecule has 26 heavy (non-hydrogen) atoms. The molecule has 0 aliphatic heterocycles. The van der Waals surface area contributed by atoms with Gasteiger partial charge in [0.25, 0.3) is 5.91 Å². The van der Waals surface area contributed by atoms with Crippen molar-refractivity contribution in [1.82, 2.24) is 9.88 Å². The number of hydrogen-bond acceptors (Lipinski definition) is 6. The third-order valence-corrected chi connectivity index (χ3v) is 3.24. The van der Waals surface area contributed by atoms with E-state index in [0.29, 0.717) is 0 Å².